The van der Waals surface area contributed by atoms with Crippen molar-refractivity contribution in [2.24, 2.45) is 0 Å². The van der Waals surface area contributed by atoms with Gasteiger partial charge in [-0.05, 0) is 41.0 Å². The number of amides is 2. The predicted molar refractivity (Wildman–Crippen MR) is 113 cm³/mol. The molecule has 0 fully saturated rings. The fraction of sp³-hybridized carbons (Fsp3) is 0.167. The maximum absolute atomic E-state index is 12.3. The first-order valence-electron chi connectivity index (χ1n) is 9.37. The lowest BCUT2D eigenvalue weighted by Crippen LogP contribution is -2.24. The van der Waals surface area contributed by atoms with Crippen LogP contribution in [0, 0.1) is 0 Å². The molecule has 142 valence electrons. The summed E-state index contributed by atoms with van der Waals surface area (Å²) in [4.78, 5) is 25.8. The second-order valence-electron chi connectivity index (χ2n) is 6.60. The van der Waals surface area contributed by atoms with Gasteiger partial charge in [0.1, 0.15) is 0 Å². The molecule has 0 bridgehead atoms. The number of nitrogens with zero attached hydrogens (tertiary/aromatic N) is 1. The van der Waals surface area contributed by atoms with E-state index in [-0.39, 0.29) is 11.8 Å². The summed E-state index contributed by atoms with van der Waals surface area (Å²) < 4.78 is 0. The van der Waals surface area contributed by atoms with Gasteiger partial charge >= 0.3 is 0 Å². The molecule has 0 radical (unpaired) electrons. The Hall–Kier alpha value is -3.40. The van der Waals surface area contributed by atoms with Gasteiger partial charge in [-0.3, -0.25) is 9.59 Å². The van der Waals surface area contributed by atoms with Crippen molar-refractivity contribution in [2.75, 3.05) is 11.9 Å². The molecule has 0 aliphatic carbocycles. The fourth-order valence-electron chi connectivity index (χ4n) is 2.95. The summed E-state index contributed by atoms with van der Waals surface area (Å²) in [7, 11) is 1.78. The molecule has 1 N–H and O–H groups in total. The highest BCUT2D eigenvalue weighted by Crippen LogP contribution is 2.23. The predicted octanol–water partition coefficient (Wildman–Crippen LogP) is 4.66. The fourth-order valence-corrected chi connectivity index (χ4v) is 2.95. The number of rotatable bonds is 6. The van der Waals surface area contributed by atoms with Crippen molar-refractivity contribution in [3.63, 3.8) is 0 Å². The number of carbonyl (C=O) groups is 2. The SMILES string of the molecule is CCC(=O)N(C)c1ccc(-c2ccc(C(=O)NCc3ccccc3)cc2)cc1. The van der Waals surface area contributed by atoms with Gasteiger partial charge in [-0.2, -0.15) is 0 Å². The molecule has 0 aliphatic rings. The molecule has 0 atom stereocenters. The number of anilines is 1. The third kappa shape index (κ3) is 4.65. The van der Waals surface area contributed by atoms with E-state index in [1.54, 1.807) is 11.9 Å². The molecule has 3 rings (SSSR count). The van der Waals surface area contributed by atoms with E-state index in [9.17, 15) is 9.59 Å². The maximum atomic E-state index is 12.3. The van der Waals surface area contributed by atoms with Crippen LogP contribution in [0.4, 0.5) is 5.69 Å². The van der Waals surface area contributed by atoms with Gasteiger partial charge in [-0.15, -0.1) is 0 Å². The van der Waals surface area contributed by atoms with Crippen LogP contribution in [0.5, 0.6) is 0 Å². The van der Waals surface area contributed by atoms with Crippen molar-refractivity contribution in [1.29, 1.82) is 0 Å². The standard InChI is InChI=1S/C24H24N2O2/c1-3-23(27)26(2)22-15-13-20(14-16-22)19-9-11-21(12-10-19)24(28)25-17-18-7-5-4-6-8-18/h4-16H,3,17H2,1-2H3,(H,25,28). The molecule has 0 aromatic heterocycles. The Balaban J connectivity index is 1.65. The summed E-state index contributed by atoms with van der Waals surface area (Å²) in [6.45, 7) is 2.36. The summed E-state index contributed by atoms with van der Waals surface area (Å²) in [6, 6.07) is 25.2. The normalized spacial score (nSPS) is 10.4. The lowest BCUT2D eigenvalue weighted by molar-refractivity contribution is -0.118. The van der Waals surface area contributed by atoms with Gasteiger partial charge in [0.15, 0.2) is 0 Å². The van der Waals surface area contributed by atoms with E-state index in [4.69, 9.17) is 0 Å². The Morgan fingerprint density at radius 1 is 0.821 bits per heavy atom. The van der Waals surface area contributed by atoms with Crippen LogP contribution >= 0.6 is 0 Å². The Bertz CT molecular complexity index is 933. The van der Waals surface area contributed by atoms with Gasteiger partial charge in [-0.1, -0.05) is 61.5 Å². The summed E-state index contributed by atoms with van der Waals surface area (Å²) in [5.74, 6) is -0.0101. The van der Waals surface area contributed by atoms with E-state index in [2.05, 4.69) is 5.32 Å². The highest BCUT2D eigenvalue weighted by Gasteiger charge is 2.09. The molecular weight excluding hydrogens is 348 g/mol. The van der Waals surface area contributed by atoms with Crippen LogP contribution in [0.25, 0.3) is 11.1 Å². The molecule has 4 nitrogen and oxygen atoms in total. The van der Waals surface area contributed by atoms with Crippen LogP contribution < -0.4 is 10.2 Å². The summed E-state index contributed by atoms with van der Waals surface area (Å²) in [5.41, 5.74) is 4.63. The number of carbonyl (C=O) groups excluding carboxylic acids is 2. The van der Waals surface area contributed by atoms with Crippen LogP contribution in [0.15, 0.2) is 78.9 Å². The van der Waals surface area contributed by atoms with E-state index in [0.29, 0.717) is 18.5 Å². The first-order chi connectivity index (χ1) is 13.6. The topological polar surface area (TPSA) is 49.4 Å². The molecule has 0 saturated heterocycles. The molecule has 0 heterocycles. The Labute approximate surface area is 165 Å². The van der Waals surface area contributed by atoms with Crippen LogP contribution in [0.3, 0.4) is 0 Å². The van der Waals surface area contributed by atoms with Crippen molar-refractivity contribution in [2.45, 2.75) is 19.9 Å². The Morgan fingerprint density at radius 2 is 1.39 bits per heavy atom. The minimum absolute atomic E-state index is 0.0821. The number of hydrogen-bond acceptors (Lipinski definition) is 2. The molecule has 0 saturated carbocycles. The molecule has 0 unspecified atom stereocenters. The lowest BCUT2D eigenvalue weighted by Gasteiger charge is -2.16. The molecule has 3 aromatic rings. The van der Waals surface area contributed by atoms with Crippen molar-refractivity contribution >= 4 is 17.5 Å². The third-order valence-corrected chi connectivity index (χ3v) is 4.71. The van der Waals surface area contributed by atoms with Gasteiger partial charge in [0.05, 0.1) is 0 Å². The molecule has 2 amide bonds. The second-order valence-corrected chi connectivity index (χ2v) is 6.60. The van der Waals surface area contributed by atoms with Crippen molar-refractivity contribution in [3.05, 3.63) is 90.0 Å². The van der Waals surface area contributed by atoms with Gasteiger partial charge in [0.2, 0.25) is 5.91 Å². The van der Waals surface area contributed by atoms with Crippen molar-refractivity contribution in [3.8, 4) is 11.1 Å². The maximum Gasteiger partial charge on any atom is 0.251 e. The van der Waals surface area contributed by atoms with Crippen molar-refractivity contribution in [1.82, 2.24) is 5.32 Å². The summed E-state index contributed by atoms with van der Waals surface area (Å²) in [5, 5.41) is 2.93. The third-order valence-electron chi connectivity index (χ3n) is 4.71. The zero-order valence-electron chi connectivity index (χ0n) is 16.2. The van der Waals surface area contributed by atoms with Gasteiger partial charge < -0.3 is 10.2 Å². The first kappa shape index (κ1) is 19.4. The van der Waals surface area contributed by atoms with Crippen LogP contribution in [-0.4, -0.2) is 18.9 Å². The molecule has 4 heteroatoms. The molecule has 28 heavy (non-hydrogen) atoms. The monoisotopic (exact) mass is 372 g/mol. The zero-order valence-corrected chi connectivity index (χ0v) is 16.2. The minimum atomic E-state index is -0.0922. The van der Waals surface area contributed by atoms with E-state index in [1.807, 2.05) is 85.8 Å². The molecule has 0 spiro atoms. The Morgan fingerprint density at radius 3 is 1.96 bits per heavy atom. The molecule has 3 aromatic carbocycles. The average molecular weight is 372 g/mol. The van der Waals surface area contributed by atoms with E-state index >= 15 is 0 Å². The van der Waals surface area contributed by atoms with E-state index in [1.165, 1.54) is 0 Å². The van der Waals surface area contributed by atoms with Gasteiger partial charge in [-0.25, -0.2) is 0 Å². The summed E-state index contributed by atoms with van der Waals surface area (Å²) in [6.07, 6.45) is 0.478. The highest BCUT2D eigenvalue weighted by atomic mass is 16.2. The van der Waals surface area contributed by atoms with Crippen molar-refractivity contribution < 1.29 is 9.59 Å². The number of nitrogens with one attached hydrogen (secondary N) is 1. The van der Waals surface area contributed by atoms with Crippen LogP contribution in [-0.2, 0) is 11.3 Å². The number of hydrogen-bond donors (Lipinski definition) is 1. The lowest BCUT2D eigenvalue weighted by atomic mass is 10.0. The van der Waals surface area contributed by atoms with Gasteiger partial charge in [0.25, 0.3) is 5.91 Å². The second kappa shape index (κ2) is 9.00. The average Bonchev–Trinajstić information content (AvgIpc) is 2.77. The Kier molecular flexibility index (Phi) is 6.22. The summed E-state index contributed by atoms with van der Waals surface area (Å²) >= 11 is 0. The number of benzene rings is 3. The van der Waals surface area contributed by atoms with E-state index < -0.39 is 0 Å². The molecule has 0 aliphatic heterocycles. The van der Waals surface area contributed by atoms with E-state index in [0.717, 1.165) is 22.4 Å². The first-order valence-corrected chi connectivity index (χ1v) is 9.37. The minimum Gasteiger partial charge on any atom is -0.348 e. The molecular formula is C24H24N2O2. The zero-order chi connectivity index (χ0) is 19.9. The highest BCUT2D eigenvalue weighted by molar-refractivity contribution is 5.95. The van der Waals surface area contributed by atoms with Crippen LogP contribution in [0.2, 0.25) is 0 Å². The smallest absolute Gasteiger partial charge is 0.251 e. The van der Waals surface area contributed by atoms with Crippen LogP contribution in [0.1, 0.15) is 29.3 Å². The largest absolute Gasteiger partial charge is 0.348 e. The quantitative estimate of drug-likeness (QED) is 0.684. The van der Waals surface area contributed by atoms with Gasteiger partial charge in [0, 0.05) is 31.3 Å².